The molecule has 1 aliphatic rings. The summed E-state index contributed by atoms with van der Waals surface area (Å²) in [6.07, 6.45) is 0.521. The van der Waals surface area contributed by atoms with Gasteiger partial charge >= 0.3 is 0 Å². The molecule has 0 aromatic heterocycles. The third-order valence-corrected chi connectivity index (χ3v) is 3.78. The van der Waals surface area contributed by atoms with Gasteiger partial charge in [0, 0.05) is 19.7 Å². The summed E-state index contributed by atoms with van der Waals surface area (Å²) < 4.78 is 23.5. The van der Waals surface area contributed by atoms with E-state index in [1.54, 1.807) is 12.0 Å². The van der Waals surface area contributed by atoms with Crippen molar-refractivity contribution in [2.24, 2.45) is 0 Å². The highest BCUT2D eigenvalue weighted by atomic mass is 35.5. The quantitative estimate of drug-likeness (QED) is 0.893. The van der Waals surface area contributed by atoms with Crippen molar-refractivity contribution in [3.05, 3.63) is 29.0 Å². The first kappa shape index (κ1) is 16.0. The fraction of sp³-hybridized carbons (Fsp3) is 0.500. The lowest BCUT2D eigenvalue weighted by Crippen LogP contribution is -2.40. The normalized spacial score (nSPS) is 21.6. The van der Waals surface area contributed by atoms with E-state index < -0.39 is 5.82 Å². The largest absolute Gasteiger partial charge is 0.484 e. The summed E-state index contributed by atoms with van der Waals surface area (Å²) >= 11 is 5.64. The minimum atomic E-state index is -0.543. The number of halogens is 2. The molecule has 0 radical (unpaired) electrons. The molecule has 2 atom stereocenters. The Balaban J connectivity index is 1.93. The maximum absolute atomic E-state index is 13.0. The third kappa shape index (κ3) is 3.84. The van der Waals surface area contributed by atoms with Gasteiger partial charge in [0.15, 0.2) is 6.61 Å². The highest BCUT2D eigenvalue weighted by Crippen LogP contribution is 2.22. The molecule has 0 spiro atoms. The summed E-state index contributed by atoms with van der Waals surface area (Å²) in [4.78, 5) is 13.7. The lowest BCUT2D eigenvalue weighted by molar-refractivity contribution is -0.135. The first-order valence-corrected chi connectivity index (χ1v) is 6.94. The number of amides is 1. The van der Waals surface area contributed by atoms with Gasteiger partial charge in [-0.25, -0.2) is 4.39 Å². The molecule has 0 unspecified atom stereocenters. The highest BCUT2D eigenvalue weighted by molar-refractivity contribution is 6.30. The van der Waals surface area contributed by atoms with Crippen molar-refractivity contribution >= 4 is 17.5 Å². The van der Waals surface area contributed by atoms with Crippen molar-refractivity contribution in [3.63, 3.8) is 0 Å². The van der Waals surface area contributed by atoms with Gasteiger partial charge in [-0.2, -0.15) is 0 Å². The van der Waals surface area contributed by atoms with E-state index in [1.165, 1.54) is 18.2 Å². The zero-order chi connectivity index (χ0) is 15.4. The number of benzene rings is 1. The molecule has 5 nitrogen and oxygen atoms in total. The minimum Gasteiger partial charge on any atom is -0.484 e. The van der Waals surface area contributed by atoms with E-state index in [0.717, 1.165) is 0 Å². The van der Waals surface area contributed by atoms with Gasteiger partial charge in [-0.1, -0.05) is 11.6 Å². The van der Waals surface area contributed by atoms with Crippen molar-refractivity contribution in [1.29, 1.82) is 0 Å². The summed E-state index contributed by atoms with van der Waals surface area (Å²) in [7, 11) is 1.57. The van der Waals surface area contributed by atoms with Crippen molar-refractivity contribution in [2.75, 3.05) is 26.9 Å². The molecular weight excluding hydrogens is 301 g/mol. The number of hydrogen-bond donors (Lipinski definition) is 1. The van der Waals surface area contributed by atoms with Gasteiger partial charge < -0.3 is 19.5 Å². The number of nitrogens with zero attached hydrogens (tertiary/aromatic N) is 1. The molecular formula is C14H17ClFNO4. The Hall–Kier alpha value is -1.37. The standard InChI is InChI=1S/C14H17ClFNO4/c1-20-11-4-9(7-18)17(6-11)14(19)8-21-10-2-3-13(16)12(15)5-10/h2-3,5,9,11,18H,4,6-8H2,1H3/t9-,11+/m0/s1. The molecule has 1 aromatic carbocycles. The van der Waals surface area contributed by atoms with E-state index in [2.05, 4.69) is 0 Å². The first-order valence-electron chi connectivity index (χ1n) is 6.56. The van der Waals surface area contributed by atoms with Crippen LogP contribution < -0.4 is 4.74 Å². The average molecular weight is 318 g/mol. The van der Waals surface area contributed by atoms with Crippen LogP contribution in [-0.2, 0) is 9.53 Å². The average Bonchev–Trinajstić information content (AvgIpc) is 2.91. The third-order valence-electron chi connectivity index (χ3n) is 3.49. The molecule has 1 aromatic rings. The number of likely N-dealkylation sites (tertiary alicyclic amines) is 1. The number of methoxy groups -OCH3 is 1. The van der Waals surface area contributed by atoms with E-state index in [-0.39, 0.29) is 36.3 Å². The monoisotopic (exact) mass is 317 g/mol. The number of rotatable bonds is 5. The van der Waals surface area contributed by atoms with Crippen molar-refractivity contribution in [2.45, 2.75) is 18.6 Å². The van der Waals surface area contributed by atoms with Crippen molar-refractivity contribution in [3.8, 4) is 5.75 Å². The van der Waals surface area contributed by atoms with Crippen molar-refractivity contribution in [1.82, 2.24) is 4.90 Å². The second-order valence-corrected chi connectivity index (χ2v) is 5.25. The van der Waals surface area contributed by atoms with Gasteiger partial charge in [0.2, 0.25) is 0 Å². The summed E-state index contributed by atoms with van der Waals surface area (Å²) in [5.74, 6) is -0.481. The smallest absolute Gasteiger partial charge is 0.260 e. The van der Waals surface area contributed by atoms with Crippen LogP contribution in [0.15, 0.2) is 18.2 Å². The Morgan fingerprint density at radius 1 is 1.57 bits per heavy atom. The fourth-order valence-corrected chi connectivity index (χ4v) is 2.49. The van der Waals surface area contributed by atoms with E-state index in [4.69, 9.17) is 21.1 Å². The number of carbonyl (C=O) groups is 1. The van der Waals surface area contributed by atoms with Gasteiger partial charge in [-0.05, 0) is 18.6 Å². The van der Waals surface area contributed by atoms with Gasteiger partial charge in [-0.3, -0.25) is 4.79 Å². The zero-order valence-corrected chi connectivity index (χ0v) is 12.3. The molecule has 1 fully saturated rings. The molecule has 1 amide bonds. The van der Waals surface area contributed by atoms with Crippen LogP contribution in [0.5, 0.6) is 5.75 Å². The number of ether oxygens (including phenoxy) is 2. The molecule has 1 heterocycles. The van der Waals surface area contributed by atoms with Gasteiger partial charge in [-0.15, -0.1) is 0 Å². The number of hydrogen-bond acceptors (Lipinski definition) is 4. The van der Waals surface area contributed by atoms with E-state index >= 15 is 0 Å². The zero-order valence-electron chi connectivity index (χ0n) is 11.6. The van der Waals surface area contributed by atoms with Crippen molar-refractivity contribution < 1.29 is 23.8 Å². The molecule has 1 aliphatic heterocycles. The predicted octanol–water partition coefficient (Wildman–Crippen LogP) is 1.47. The van der Waals surface area contributed by atoms with E-state index in [0.29, 0.717) is 18.7 Å². The van der Waals surface area contributed by atoms with Crippen LogP contribution in [0.4, 0.5) is 4.39 Å². The summed E-state index contributed by atoms with van der Waals surface area (Å²) in [6, 6.07) is 3.63. The van der Waals surface area contributed by atoms with Crippen LogP contribution in [0.2, 0.25) is 5.02 Å². The Kier molecular flexibility index (Phi) is 5.39. The van der Waals surface area contributed by atoms with Crippen LogP contribution in [0.3, 0.4) is 0 Å². The number of carbonyl (C=O) groups excluding carboxylic acids is 1. The van der Waals surface area contributed by atoms with Crippen LogP contribution in [0, 0.1) is 5.82 Å². The molecule has 2 rings (SSSR count). The number of aliphatic hydroxyl groups is 1. The predicted molar refractivity (Wildman–Crippen MR) is 74.9 cm³/mol. The summed E-state index contributed by atoms with van der Waals surface area (Å²) in [5.41, 5.74) is 0. The Bertz CT molecular complexity index is 514. The second-order valence-electron chi connectivity index (χ2n) is 4.84. The first-order chi connectivity index (χ1) is 10.0. The minimum absolute atomic E-state index is 0.0613. The SMILES string of the molecule is CO[C@@H]1C[C@@H](CO)N(C(=O)COc2ccc(F)c(Cl)c2)C1. The van der Waals surface area contributed by atoms with Gasteiger partial charge in [0.25, 0.3) is 5.91 Å². The molecule has 116 valence electrons. The van der Waals surface area contributed by atoms with Gasteiger partial charge in [0.05, 0.1) is 23.8 Å². The second kappa shape index (κ2) is 7.06. The highest BCUT2D eigenvalue weighted by Gasteiger charge is 2.34. The molecule has 21 heavy (non-hydrogen) atoms. The van der Waals surface area contributed by atoms with E-state index in [9.17, 15) is 14.3 Å². The molecule has 1 saturated heterocycles. The lowest BCUT2D eigenvalue weighted by atomic mass is 10.2. The van der Waals surface area contributed by atoms with Crippen LogP contribution in [-0.4, -0.2) is 54.9 Å². The fourth-order valence-electron chi connectivity index (χ4n) is 2.32. The van der Waals surface area contributed by atoms with E-state index in [1.807, 2.05) is 0 Å². The molecule has 0 aliphatic carbocycles. The topological polar surface area (TPSA) is 59.0 Å². The lowest BCUT2D eigenvalue weighted by Gasteiger charge is -2.22. The Morgan fingerprint density at radius 3 is 2.95 bits per heavy atom. The van der Waals surface area contributed by atoms with Crippen LogP contribution >= 0.6 is 11.6 Å². The maximum Gasteiger partial charge on any atom is 0.260 e. The molecule has 7 heteroatoms. The van der Waals surface area contributed by atoms with Crippen LogP contribution in [0.1, 0.15) is 6.42 Å². The maximum atomic E-state index is 13.0. The summed E-state index contributed by atoms with van der Waals surface area (Å²) in [5, 5.41) is 9.24. The van der Waals surface area contributed by atoms with Crippen LogP contribution in [0.25, 0.3) is 0 Å². The summed E-state index contributed by atoms with van der Waals surface area (Å²) in [6.45, 7) is 0.108. The molecule has 1 N–H and O–H groups in total. The molecule has 0 saturated carbocycles. The van der Waals surface area contributed by atoms with Gasteiger partial charge in [0.1, 0.15) is 11.6 Å². The Labute approximate surface area is 127 Å². The Morgan fingerprint density at radius 2 is 2.33 bits per heavy atom. The molecule has 0 bridgehead atoms. The number of aliphatic hydroxyl groups excluding tert-OH is 1.